The molecule has 1 saturated carbocycles. The molecule has 25 heavy (non-hydrogen) atoms. The second-order valence-corrected chi connectivity index (χ2v) is 8.16. The topological polar surface area (TPSA) is 90.1 Å². The van der Waals surface area contributed by atoms with Crippen LogP contribution in [0, 0.1) is 18.3 Å². The number of ether oxygens (including phenoxy) is 1. The van der Waals surface area contributed by atoms with Gasteiger partial charge in [0.25, 0.3) is 0 Å². The van der Waals surface area contributed by atoms with Crippen molar-refractivity contribution in [3.8, 4) is 0 Å². The number of amides is 1. The van der Waals surface area contributed by atoms with Gasteiger partial charge in [0.15, 0.2) is 0 Å². The molecule has 0 radical (unpaired) electrons. The summed E-state index contributed by atoms with van der Waals surface area (Å²) in [5, 5.41) is 4.35. The van der Waals surface area contributed by atoms with Crippen LogP contribution in [0.3, 0.4) is 0 Å². The molecular formula is C18H23ClN4O2. The lowest BCUT2D eigenvalue weighted by Gasteiger charge is -2.25. The van der Waals surface area contributed by atoms with Gasteiger partial charge in [-0.2, -0.15) is 0 Å². The molecule has 7 heteroatoms. The maximum atomic E-state index is 11.4. The highest BCUT2D eigenvalue weighted by Gasteiger charge is 2.62. The van der Waals surface area contributed by atoms with Crippen LogP contribution in [0.25, 0.3) is 10.9 Å². The zero-order chi connectivity index (χ0) is 18.4. The summed E-state index contributed by atoms with van der Waals surface area (Å²) >= 11 is 6.05. The first-order valence-electron chi connectivity index (χ1n) is 8.27. The Labute approximate surface area is 152 Å². The maximum absolute atomic E-state index is 11.4. The fraction of sp³-hybridized carbons (Fsp3) is 0.500. The molecule has 0 bridgehead atoms. The van der Waals surface area contributed by atoms with Gasteiger partial charge in [-0.15, -0.1) is 0 Å². The summed E-state index contributed by atoms with van der Waals surface area (Å²) < 4.78 is 5.48. The molecule has 0 aliphatic heterocycles. The van der Waals surface area contributed by atoms with E-state index in [-0.39, 0.29) is 16.6 Å². The fourth-order valence-corrected chi connectivity index (χ4v) is 3.68. The van der Waals surface area contributed by atoms with Gasteiger partial charge in [-0.25, -0.2) is 14.8 Å². The summed E-state index contributed by atoms with van der Waals surface area (Å²) in [7, 11) is 0. The number of nitrogens with one attached hydrogen (secondary N) is 1. The molecule has 1 aromatic carbocycles. The van der Waals surface area contributed by atoms with Crippen molar-refractivity contribution in [3.63, 3.8) is 0 Å². The van der Waals surface area contributed by atoms with E-state index < -0.39 is 11.7 Å². The van der Waals surface area contributed by atoms with E-state index in [1.54, 1.807) is 0 Å². The van der Waals surface area contributed by atoms with Crippen molar-refractivity contribution in [2.75, 3.05) is 11.9 Å². The Kier molecular flexibility index (Phi) is 4.27. The van der Waals surface area contributed by atoms with E-state index in [9.17, 15) is 4.79 Å². The number of carbonyl (C=O) groups excluding carboxylic acids is 1. The predicted molar refractivity (Wildman–Crippen MR) is 98.7 cm³/mol. The number of aromatic nitrogens is 2. The number of rotatable bonds is 4. The summed E-state index contributed by atoms with van der Waals surface area (Å²) in [4.78, 5) is 19.9. The lowest BCUT2D eigenvalue weighted by molar-refractivity contribution is 0.0721. The van der Waals surface area contributed by atoms with Crippen molar-refractivity contribution < 1.29 is 9.53 Å². The van der Waals surface area contributed by atoms with Gasteiger partial charge in [0.2, 0.25) is 5.28 Å². The number of hydrogen-bond donors (Lipinski definition) is 2. The first-order valence-corrected chi connectivity index (χ1v) is 8.65. The number of anilines is 1. The number of halogens is 1. The molecule has 1 heterocycles. The first kappa shape index (κ1) is 17.7. The Bertz CT molecular complexity index is 834. The number of nitrogens with two attached hydrogens (primary N) is 1. The molecule has 2 unspecified atom stereocenters. The molecule has 1 aliphatic carbocycles. The first-order chi connectivity index (χ1) is 11.6. The molecule has 1 fully saturated rings. The Morgan fingerprint density at radius 3 is 2.76 bits per heavy atom. The van der Waals surface area contributed by atoms with Gasteiger partial charge in [0.05, 0.1) is 12.1 Å². The highest BCUT2D eigenvalue weighted by molar-refractivity contribution is 6.28. The van der Waals surface area contributed by atoms with E-state index >= 15 is 0 Å². The van der Waals surface area contributed by atoms with Crippen LogP contribution in [0.4, 0.5) is 10.6 Å². The number of hydrogen-bond acceptors (Lipinski definition) is 5. The van der Waals surface area contributed by atoms with E-state index in [0.29, 0.717) is 12.4 Å². The van der Waals surface area contributed by atoms with Crippen LogP contribution in [-0.2, 0) is 4.74 Å². The average molecular weight is 363 g/mol. The molecule has 6 nitrogen and oxygen atoms in total. The molecule has 134 valence electrons. The number of carbonyl (C=O) groups is 1. The molecule has 2 aromatic rings. The highest BCUT2D eigenvalue weighted by atomic mass is 35.5. The average Bonchev–Trinajstić information content (AvgIpc) is 3.19. The van der Waals surface area contributed by atoms with Gasteiger partial charge in [-0.3, -0.25) is 0 Å². The van der Waals surface area contributed by atoms with Crippen molar-refractivity contribution >= 4 is 34.4 Å². The molecule has 1 amide bonds. The molecule has 2 atom stereocenters. The molecule has 0 saturated heterocycles. The summed E-state index contributed by atoms with van der Waals surface area (Å²) in [6.07, 6.45) is 0.0114. The van der Waals surface area contributed by atoms with Gasteiger partial charge in [0.1, 0.15) is 11.4 Å². The third-order valence-electron chi connectivity index (χ3n) is 4.75. The quantitative estimate of drug-likeness (QED) is 0.805. The minimum absolute atomic E-state index is 0.0130. The number of aryl methyl sites for hydroxylation is 1. The van der Waals surface area contributed by atoms with E-state index in [2.05, 4.69) is 36.1 Å². The van der Waals surface area contributed by atoms with Crippen molar-refractivity contribution in [1.29, 1.82) is 0 Å². The Morgan fingerprint density at radius 2 is 2.16 bits per heavy atom. The van der Waals surface area contributed by atoms with Crippen molar-refractivity contribution in [1.82, 2.24) is 9.97 Å². The number of benzene rings is 1. The summed E-state index contributed by atoms with van der Waals surface area (Å²) in [5.41, 5.74) is 6.56. The standard InChI is InChI=1S/C18H23ClN4O2/c1-10-5-6-12-11(7-10)14(23-15(19)22-12)21-9-18(25-16(20)24)8-13(18)17(2,3)4/h5-7,13H,8-9H2,1-4H3,(H2,20,24)(H,21,22,23). The Hall–Kier alpha value is -2.08. The Balaban J connectivity index is 1.88. The summed E-state index contributed by atoms with van der Waals surface area (Å²) in [6, 6.07) is 5.89. The molecular weight excluding hydrogens is 340 g/mol. The number of nitrogens with zero attached hydrogens (tertiary/aromatic N) is 2. The van der Waals surface area contributed by atoms with Gasteiger partial charge < -0.3 is 15.8 Å². The second kappa shape index (κ2) is 6.02. The molecule has 3 N–H and O–H groups in total. The van der Waals surface area contributed by atoms with Gasteiger partial charge in [-0.1, -0.05) is 32.4 Å². The lowest BCUT2D eigenvalue weighted by atomic mass is 9.88. The molecule has 0 spiro atoms. The lowest BCUT2D eigenvalue weighted by Crippen LogP contribution is -2.35. The van der Waals surface area contributed by atoms with Crippen LogP contribution < -0.4 is 11.1 Å². The van der Waals surface area contributed by atoms with Crippen LogP contribution >= 0.6 is 11.6 Å². The zero-order valence-electron chi connectivity index (χ0n) is 14.9. The van der Waals surface area contributed by atoms with Crippen molar-refractivity contribution in [2.24, 2.45) is 17.1 Å². The van der Waals surface area contributed by atoms with Gasteiger partial charge in [0, 0.05) is 11.3 Å². The largest absolute Gasteiger partial charge is 0.441 e. The van der Waals surface area contributed by atoms with E-state index in [1.165, 1.54) is 0 Å². The van der Waals surface area contributed by atoms with E-state index in [4.69, 9.17) is 22.1 Å². The minimum Gasteiger partial charge on any atom is -0.441 e. The van der Waals surface area contributed by atoms with Crippen molar-refractivity contribution in [2.45, 2.75) is 39.7 Å². The molecule has 1 aromatic heterocycles. The van der Waals surface area contributed by atoms with Crippen LogP contribution in [-0.4, -0.2) is 28.2 Å². The van der Waals surface area contributed by atoms with Crippen molar-refractivity contribution in [3.05, 3.63) is 29.0 Å². The van der Waals surface area contributed by atoms with Crippen LogP contribution in [0.5, 0.6) is 0 Å². The third-order valence-corrected chi connectivity index (χ3v) is 4.92. The SMILES string of the molecule is Cc1ccc2nc(Cl)nc(NCC3(OC(N)=O)CC3C(C)(C)C)c2c1. The zero-order valence-corrected chi connectivity index (χ0v) is 15.6. The van der Waals surface area contributed by atoms with Crippen LogP contribution in [0.1, 0.15) is 32.8 Å². The third kappa shape index (κ3) is 3.63. The highest BCUT2D eigenvalue weighted by Crippen LogP contribution is 2.56. The second-order valence-electron chi connectivity index (χ2n) is 7.82. The smallest absolute Gasteiger partial charge is 0.405 e. The molecule has 1 aliphatic rings. The van der Waals surface area contributed by atoms with Gasteiger partial charge >= 0.3 is 6.09 Å². The monoisotopic (exact) mass is 362 g/mol. The normalized spacial score (nSPS) is 22.7. The van der Waals surface area contributed by atoms with E-state index in [0.717, 1.165) is 22.9 Å². The van der Waals surface area contributed by atoms with Gasteiger partial charge in [-0.05, 0) is 42.5 Å². The fourth-order valence-electron chi connectivity index (χ4n) is 3.51. The van der Waals surface area contributed by atoms with E-state index in [1.807, 2.05) is 25.1 Å². The maximum Gasteiger partial charge on any atom is 0.405 e. The molecule has 3 rings (SSSR count). The van der Waals surface area contributed by atoms with Crippen LogP contribution in [0.2, 0.25) is 5.28 Å². The summed E-state index contributed by atoms with van der Waals surface area (Å²) in [6.45, 7) is 8.82. The van der Waals surface area contributed by atoms with Crippen LogP contribution in [0.15, 0.2) is 18.2 Å². The minimum atomic E-state index is -0.755. The summed E-state index contributed by atoms with van der Waals surface area (Å²) in [5.74, 6) is 0.857. The predicted octanol–water partition coefficient (Wildman–Crippen LogP) is 3.90. The number of primary amides is 1. The number of fused-ring (bicyclic) bond motifs is 1. The Morgan fingerprint density at radius 1 is 1.44 bits per heavy atom.